The van der Waals surface area contributed by atoms with Gasteiger partial charge in [0.1, 0.15) is 0 Å². The van der Waals surface area contributed by atoms with E-state index in [0.717, 1.165) is 32.5 Å². The summed E-state index contributed by atoms with van der Waals surface area (Å²) < 4.78 is 0. The molecule has 0 bridgehead atoms. The lowest BCUT2D eigenvalue weighted by Crippen LogP contribution is -2.53. The normalized spacial score (nSPS) is 30.6. The second-order valence-electron chi connectivity index (χ2n) is 4.42. The first kappa shape index (κ1) is 9.00. The maximum atomic E-state index is 11.8. The third kappa shape index (κ3) is 1.85. The number of carbonyl (C=O) groups is 1. The maximum absolute atomic E-state index is 11.8. The predicted octanol–water partition coefficient (Wildman–Crippen LogP) is 0.559. The topological polar surface area (TPSA) is 23.6 Å². The van der Waals surface area contributed by atoms with E-state index < -0.39 is 0 Å². The lowest BCUT2D eigenvalue weighted by atomic mass is 10.2. The van der Waals surface area contributed by atoms with Crippen LogP contribution in [-0.4, -0.2) is 48.4 Å². The average Bonchev–Trinajstić information content (AvgIpc) is 2.85. The van der Waals surface area contributed by atoms with E-state index in [4.69, 9.17) is 0 Å². The average molecular weight is 182 g/mol. The van der Waals surface area contributed by atoms with Gasteiger partial charge in [0.15, 0.2) is 0 Å². The summed E-state index contributed by atoms with van der Waals surface area (Å²) >= 11 is 0. The van der Waals surface area contributed by atoms with Gasteiger partial charge in [0.05, 0.1) is 0 Å². The summed E-state index contributed by atoms with van der Waals surface area (Å²) in [4.78, 5) is 16.1. The molecule has 1 heterocycles. The standard InChI is InChI=1S/C10H18N2O/c1-8-7-11(2)5-6-12(8)10(13)9-3-4-9/h8-9H,3-7H2,1-2H3/t8-/m1/s1. The van der Waals surface area contributed by atoms with E-state index in [-0.39, 0.29) is 0 Å². The summed E-state index contributed by atoms with van der Waals surface area (Å²) in [5, 5.41) is 0. The second kappa shape index (κ2) is 3.29. The summed E-state index contributed by atoms with van der Waals surface area (Å²) in [5.41, 5.74) is 0. The highest BCUT2D eigenvalue weighted by molar-refractivity contribution is 5.81. The Hall–Kier alpha value is -0.570. The molecule has 2 fully saturated rings. The first-order valence-electron chi connectivity index (χ1n) is 5.17. The summed E-state index contributed by atoms with van der Waals surface area (Å²) in [6.07, 6.45) is 2.25. The largest absolute Gasteiger partial charge is 0.337 e. The number of likely N-dealkylation sites (N-methyl/N-ethyl adjacent to an activating group) is 1. The Kier molecular flexibility index (Phi) is 2.28. The molecule has 2 aliphatic rings. The van der Waals surface area contributed by atoms with E-state index in [1.807, 2.05) is 0 Å². The molecule has 1 aliphatic carbocycles. The zero-order valence-electron chi connectivity index (χ0n) is 8.49. The fourth-order valence-corrected chi connectivity index (χ4v) is 2.03. The lowest BCUT2D eigenvalue weighted by molar-refractivity contribution is -0.136. The molecule has 3 nitrogen and oxygen atoms in total. The molecule has 2 rings (SSSR count). The minimum atomic E-state index is 0.380. The van der Waals surface area contributed by atoms with Crippen molar-refractivity contribution >= 4 is 5.91 Å². The number of carbonyl (C=O) groups excluding carboxylic acids is 1. The van der Waals surface area contributed by atoms with Gasteiger partial charge in [0.25, 0.3) is 0 Å². The molecule has 0 spiro atoms. The molecule has 0 unspecified atom stereocenters. The Bertz CT molecular complexity index is 213. The Morgan fingerprint density at radius 2 is 2.00 bits per heavy atom. The molecule has 0 aromatic rings. The van der Waals surface area contributed by atoms with E-state index >= 15 is 0 Å². The van der Waals surface area contributed by atoms with Crippen molar-refractivity contribution in [1.29, 1.82) is 0 Å². The highest BCUT2D eigenvalue weighted by atomic mass is 16.2. The monoisotopic (exact) mass is 182 g/mol. The van der Waals surface area contributed by atoms with Crippen LogP contribution in [0.4, 0.5) is 0 Å². The Morgan fingerprint density at radius 1 is 1.31 bits per heavy atom. The van der Waals surface area contributed by atoms with Crippen LogP contribution in [0.15, 0.2) is 0 Å². The molecule has 1 atom stereocenters. The van der Waals surface area contributed by atoms with Crippen LogP contribution < -0.4 is 0 Å². The number of hydrogen-bond acceptors (Lipinski definition) is 2. The fraction of sp³-hybridized carbons (Fsp3) is 0.900. The van der Waals surface area contributed by atoms with Gasteiger partial charge in [0.2, 0.25) is 5.91 Å². The van der Waals surface area contributed by atoms with E-state index in [2.05, 4.69) is 23.8 Å². The predicted molar refractivity (Wildman–Crippen MR) is 51.4 cm³/mol. The van der Waals surface area contributed by atoms with Gasteiger partial charge in [0, 0.05) is 31.6 Å². The number of nitrogens with zero attached hydrogens (tertiary/aromatic N) is 2. The molecule has 1 saturated heterocycles. The molecule has 0 aromatic heterocycles. The molecule has 0 radical (unpaired) electrons. The van der Waals surface area contributed by atoms with E-state index in [0.29, 0.717) is 17.9 Å². The maximum Gasteiger partial charge on any atom is 0.226 e. The van der Waals surface area contributed by atoms with Crippen LogP contribution in [0.25, 0.3) is 0 Å². The molecule has 1 amide bonds. The van der Waals surface area contributed by atoms with Gasteiger partial charge in [-0.25, -0.2) is 0 Å². The zero-order valence-corrected chi connectivity index (χ0v) is 8.49. The minimum Gasteiger partial charge on any atom is -0.337 e. The van der Waals surface area contributed by atoms with Gasteiger partial charge in [-0.05, 0) is 26.8 Å². The van der Waals surface area contributed by atoms with Crippen LogP contribution in [0, 0.1) is 5.92 Å². The van der Waals surface area contributed by atoms with Crippen molar-refractivity contribution in [3.05, 3.63) is 0 Å². The van der Waals surface area contributed by atoms with Gasteiger partial charge < -0.3 is 9.80 Å². The summed E-state index contributed by atoms with van der Waals surface area (Å²) in [7, 11) is 2.12. The van der Waals surface area contributed by atoms with Gasteiger partial charge in [-0.1, -0.05) is 0 Å². The number of amides is 1. The second-order valence-corrected chi connectivity index (χ2v) is 4.42. The van der Waals surface area contributed by atoms with Crippen LogP contribution in [-0.2, 0) is 4.79 Å². The lowest BCUT2D eigenvalue weighted by Gasteiger charge is -2.38. The molecule has 1 saturated carbocycles. The zero-order chi connectivity index (χ0) is 9.42. The number of rotatable bonds is 1. The minimum absolute atomic E-state index is 0.380. The first-order valence-corrected chi connectivity index (χ1v) is 5.17. The third-order valence-corrected chi connectivity index (χ3v) is 3.04. The number of piperazine rings is 1. The molecule has 0 N–H and O–H groups in total. The van der Waals surface area contributed by atoms with Crippen molar-refractivity contribution in [2.24, 2.45) is 5.92 Å². The van der Waals surface area contributed by atoms with E-state index in [9.17, 15) is 4.79 Å². The summed E-state index contributed by atoms with van der Waals surface area (Å²) in [6.45, 7) is 5.13. The first-order chi connectivity index (χ1) is 6.18. The van der Waals surface area contributed by atoms with Crippen LogP contribution in [0.5, 0.6) is 0 Å². The van der Waals surface area contributed by atoms with Gasteiger partial charge >= 0.3 is 0 Å². The van der Waals surface area contributed by atoms with Gasteiger partial charge in [-0.3, -0.25) is 4.79 Å². The van der Waals surface area contributed by atoms with Crippen molar-refractivity contribution in [2.45, 2.75) is 25.8 Å². The van der Waals surface area contributed by atoms with Crippen molar-refractivity contribution in [3.8, 4) is 0 Å². The summed E-state index contributed by atoms with van der Waals surface area (Å²) in [6, 6.07) is 0.409. The van der Waals surface area contributed by atoms with Crippen LogP contribution in [0.3, 0.4) is 0 Å². The Morgan fingerprint density at radius 3 is 2.54 bits per heavy atom. The van der Waals surface area contributed by atoms with Gasteiger partial charge in [-0.15, -0.1) is 0 Å². The Balaban J connectivity index is 1.94. The highest BCUT2D eigenvalue weighted by Crippen LogP contribution is 2.32. The summed E-state index contributed by atoms with van der Waals surface area (Å²) in [5.74, 6) is 0.784. The number of hydrogen-bond donors (Lipinski definition) is 0. The smallest absolute Gasteiger partial charge is 0.226 e. The molecule has 1 aliphatic heterocycles. The van der Waals surface area contributed by atoms with Crippen molar-refractivity contribution in [1.82, 2.24) is 9.80 Å². The SMILES string of the molecule is C[C@@H]1CN(C)CCN1C(=O)C1CC1. The van der Waals surface area contributed by atoms with Crippen molar-refractivity contribution in [3.63, 3.8) is 0 Å². The van der Waals surface area contributed by atoms with Crippen LogP contribution >= 0.6 is 0 Å². The van der Waals surface area contributed by atoms with Crippen LogP contribution in [0.2, 0.25) is 0 Å². The van der Waals surface area contributed by atoms with E-state index in [1.54, 1.807) is 0 Å². The Labute approximate surface area is 79.7 Å². The fourth-order valence-electron chi connectivity index (χ4n) is 2.03. The molecule has 74 valence electrons. The molecule has 3 heteroatoms. The molecule has 0 aromatic carbocycles. The van der Waals surface area contributed by atoms with Gasteiger partial charge in [-0.2, -0.15) is 0 Å². The van der Waals surface area contributed by atoms with E-state index in [1.165, 1.54) is 0 Å². The van der Waals surface area contributed by atoms with Crippen molar-refractivity contribution in [2.75, 3.05) is 26.7 Å². The third-order valence-electron chi connectivity index (χ3n) is 3.04. The van der Waals surface area contributed by atoms with Crippen molar-refractivity contribution < 1.29 is 4.79 Å². The quantitative estimate of drug-likeness (QED) is 0.591. The van der Waals surface area contributed by atoms with Crippen LogP contribution in [0.1, 0.15) is 19.8 Å². The molecular formula is C10H18N2O. The molecule has 13 heavy (non-hydrogen) atoms. The molecular weight excluding hydrogens is 164 g/mol. The highest BCUT2D eigenvalue weighted by Gasteiger charge is 2.36.